The molecular weight excluding hydrogens is 438 g/mol. The minimum absolute atomic E-state index is 0.0338. The molecule has 0 radical (unpaired) electrons. The van der Waals surface area contributed by atoms with E-state index < -0.39 is 0 Å². The lowest BCUT2D eigenvalue weighted by molar-refractivity contribution is 0.103. The zero-order chi connectivity index (χ0) is 21.3. The van der Waals surface area contributed by atoms with Gasteiger partial charge in [0.2, 0.25) is 0 Å². The van der Waals surface area contributed by atoms with Gasteiger partial charge in [-0.05, 0) is 62.4 Å². The first-order valence-corrected chi connectivity index (χ1v) is 11.9. The summed E-state index contributed by atoms with van der Waals surface area (Å²) in [6.45, 7) is 8.78. The Labute approximate surface area is 188 Å². The Morgan fingerprint density at radius 1 is 1.17 bits per heavy atom. The van der Waals surface area contributed by atoms with Gasteiger partial charge in [-0.15, -0.1) is 0 Å². The van der Waals surface area contributed by atoms with Crippen molar-refractivity contribution in [3.63, 3.8) is 0 Å². The number of rotatable bonds is 4. The molecule has 0 bridgehead atoms. The second-order valence-electron chi connectivity index (χ2n) is 8.87. The molecule has 160 valence electrons. The van der Waals surface area contributed by atoms with Crippen molar-refractivity contribution in [1.82, 2.24) is 10.2 Å². The zero-order valence-electron chi connectivity index (χ0n) is 18.2. The highest BCUT2D eigenvalue weighted by atomic mass is 79.9. The molecule has 2 heterocycles. The predicted octanol–water partition coefficient (Wildman–Crippen LogP) is 5.44. The van der Waals surface area contributed by atoms with Gasteiger partial charge in [-0.2, -0.15) is 0 Å². The summed E-state index contributed by atoms with van der Waals surface area (Å²) < 4.78 is 0.983. The normalized spacial score (nSPS) is 21.8. The van der Waals surface area contributed by atoms with Gasteiger partial charge < -0.3 is 10.0 Å². The van der Waals surface area contributed by atoms with Crippen LogP contribution in [0.3, 0.4) is 0 Å². The van der Waals surface area contributed by atoms with Crippen LogP contribution in [0.15, 0.2) is 51.9 Å². The van der Waals surface area contributed by atoms with Crippen LogP contribution in [0.2, 0.25) is 0 Å². The number of piperidine rings is 1. The number of aryl methyl sites for hydroxylation is 1. The lowest BCUT2D eigenvalue weighted by Gasteiger charge is -2.46. The summed E-state index contributed by atoms with van der Waals surface area (Å²) in [7, 11) is 0. The number of phenolic OH excluding ortho intramolecular Hbond substituents is 1. The number of halogens is 1. The van der Waals surface area contributed by atoms with E-state index in [1.165, 1.54) is 11.1 Å². The number of aromatic hydroxyl groups is 1. The van der Waals surface area contributed by atoms with Crippen molar-refractivity contribution >= 4 is 21.6 Å². The molecule has 0 amide bonds. The molecule has 5 heteroatoms. The Balaban J connectivity index is 1.70. The summed E-state index contributed by atoms with van der Waals surface area (Å²) in [6, 6.07) is 15.1. The van der Waals surface area contributed by atoms with E-state index in [0.29, 0.717) is 11.8 Å². The molecule has 2 aliphatic rings. The van der Waals surface area contributed by atoms with Gasteiger partial charge in [0, 0.05) is 47.3 Å². The van der Waals surface area contributed by atoms with Crippen LogP contribution in [0.4, 0.5) is 0 Å². The topological polar surface area (TPSA) is 47.9 Å². The van der Waals surface area contributed by atoms with E-state index in [4.69, 9.17) is 4.99 Å². The van der Waals surface area contributed by atoms with Crippen LogP contribution in [0.1, 0.15) is 62.8 Å². The molecular formula is C25H32BrN3O. The van der Waals surface area contributed by atoms with Crippen molar-refractivity contribution in [3.05, 3.63) is 63.6 Å². The molecule has 2 aromatic rings. The van der Waals surface area contributed by atoms with Crippen molar-refractivity contribution < 1.29 is 5.11 Å². The number of aliphatic imine (C=N–C) groups is 1. The summed E-state index contributed by atoms with van der Waals surface area (Å²) in [6.07, 6.45) is 3.77. The van der Waals surface area contributed by atoms with E-state index in [1.807, 2.05) is 12.1 Å². The predicted molar refractivity (Wildman–Crippen MR) is 127 cm³/mol. The fraction of sp³-hybridized carbons (Fsp3) is 0.480. The average Bonchev–Trinajstić information content (AvgIpc) is 2.75. The Bertz CT molecular complexity index is 914. The summed E-state index contributed by atoms with van der Waals surface area (Å²) in [5, 5.41) is 14.4. The zero-order valence-corrected chi connectivity index (χ0v) is 19.7. The van der Waals surface area contributed by atoms with E-state index in [2.05, 4.69) is 71.2 Å². The third-order valence-corrected chi connectivity index (χ3v) is 7.10. The van der Waals surface area contributed by atoms with Crippen molar-refractivity contribution in [2.45, 2.75) is 64.2 Å². The van der Waals surface area contributed by atoms with E-state index in [-0.39, 0.29) is 11.7 Å². The van der Waals surface area contributed by atoms with Gasteiger partial charge in [0.15, 0.2) is 0 Å². The number of phenols is 1. The van der Waals surface area contributed by atoms with Crippen molar-refractivity contribution in [2.24, 2.45) is 4.99 Å². The maximum Gasteiger partial charge on any atom is 0.120 e. The Morgan fingerprint density at radius 3 is 2.50 bits per heavy atom. The molecule has 0 aliphatic carbocycles. The van der Waals surface area contributed by atoms with Gasteiger partial charge in [0.05, 0.1) is 0 Å². The van der Waals surface area contributed by atoms with Crippen LogP contribution in [0.25, 0.3) is 0 Å². The Morgan fingerprint density at radius 2 is 1.87 bits per heavy atom. The number of benzene rings is 2. The first-order valence-electron chi connectivity index (χ1n) is 11.1. The number of likely N-dealkylation sites (tertiary alicyclic amines) is 1. The van der Waals surface area contributed by atoms with Gasteiger partial charge in [0.25, 0.3) is 0 Å². The van der Waals surface area contributed by atoms with Crippen LogP contribution in [-0.4, -0.2) is 40.5 Å². The lowest BCUT2D eigenvalue weighted by atomic mass is 9.87. The van der Waals surface area contributed by atoms with E-state index in [1.54, 1.807) is 6.07 Å². The van der Waals surface area contributed by atoms with Crippen LogP contribution in [0.5, 0.6) is 5.75 Å². The van der Waals surface area contributed by atoms with Crippen LogP contribution in [0, 0.1) is 0 Å². The van der Waals surface area contributed by atoms with Gasteiger partial charge in [-0.25, -0.2) is 0 Å². The van der Waals surface area contributed by atoms with Crippen LogP contribution in [-0.2, 0) is 6.42 Å². The standard InChI is InChI=1S/C25H32BrN3O/c1-4-18-5-7-19(8-6-18)22-16-23(21-15-20(26)9-10-24(21)30)28-25(27-22)11-13-29(14-12-25)17(2)3/h5-10,15,17,23,28,30H,4,11-14,16H2,1-3H3/t23-/m1/s1. The minimum Gasteiger partial charge on any atom is -0.508 e. The largest absolute Gasteiger partial charge is 0.508 e. The quantitative estimate of drug-likeness (QED) is 0.626. The van der Waals surface area contributed by atoms with Crippen molar-refractivity contribution in [2.75, 3.05) is 13.1 Å². The maximum absolute atomic E-state index is 10.6. The molecule has 0 aromatic heterocycles. The summed E-state index contributed by atoms with van der Waals surface area (Å²) in [5.74, 6) is 0.341. The first-order chi connectivity index (χ1) is 14.4. The maximum atomic E-state index is 10.6. The highest BCUT2D eigenvalue weighted by molar-refractivity contribution is 9.10. The van der Waals surface area contributed by atoms with Gasteiger partial charge in [-0.1, -0.05) is 47.1 Å². The van der Waals surface area contributed by atoms with Crippen LogP contribution >= 0.6 is 15.9 Å². The van der Waals surface area contributed by atoms with E-state index >= 15 is 0 Å². The minimum atomic E-state index is -0.276. The molecule has 1 saturated heterocycles. The summed E-state index contributed by atoms with van der Waals surface area (Å²) in [4.78, 5) is 7.83. The second-order valence-corrected chi connectivity index (χ2v) is 9.79. The molecule has 2 N–H and O–H groups in total. The number of nitrogens with one attached hydrogen (secondary N) is 1. The molecule has 0 unspecified atom stereocenters. The van der Waals surface area contributed by atoms with Gasteiger partial charge in [-0.3, -0.25) is 10.3 Å². The average molecular weight is 470 g/mol. The molecule has 2 aliphatic heterocycles. The van der Waals surface area contributed by atoms with E-state index in [0.717, 1.165) is 54.5 Å². The monoisotopic (exact) mass is 469 g/mol. The fourth-order valence-corrected chi connectivity index (χ4v) is 5.06. The van der Waals surface area contributed by atoms with Crippen LogP contribution < -0.4 is 5.32 Å². The fourth-order valence-electron chi connectivity index (χ4n) is 4.68. The summed E-state index contributed by atoms with van der Waals surface area (Å²) >= 11 is 3.57. The van der Waals surface area contributed by atoms with Gasteiger partial charge in [0.1, 0.15) is 11.4 Å². The smallest absolute Gasteiger partial charge is 0.120 e. The van der Waals surface area contributed by atoms with Crippen molar-refractivity contribution in [1.29, 1.82) is 0 Å². The number of nitrogens with zero attached hydrogens (tertiary/aromatic N) is 2. The molecule has 1 fully saturated rings. The first kappa shape index (κ1) is 21.5. The molecule has 1 atom stereocenters. The lowest BCUT2D eigenvalue weighted by Crippen LogP contribution is -2.56. The molecule has 4 rings (SSSR count). The van der Waals surface area contributed by atoms with Gasteiger partial charge >= 0.3 is 0 Å². The molecule has 1 spiro atoms. The number of hydrogen-bond acceptors (Lipinski definition) is 4. The molecule has 4 nitrogen and oxygen atoms in total. The summed E-state index contributed by atoms with van der Waals surface area (Å²) in [5.41, 5.74) is 4.33. The Hall–Kier alpha value is -1.69. The second kappa shape index (κ2) is 8.81. The third kappa shape index (κ3) is 4.48. The Kier molecular flexibility index (Phi) is 6.33. The highest BCUT2D eigenvalue weighted by Crippen LogP contribution is 2.38. The third-order valence-electron chi connectivity index (χ3n) is 6.61. The number of hydrogen-bond donors (Lipinski definition) is 2. The van der Waals surface area contributed by atoms with E-state index in [9.17, 15) is 5.11 Å². The highest BCUT2D eigenvalue weighted by Gasteiger charge is 2.40. The van der Waals surface area contributed by atoms with Crippen molar-refractivity contribution in [3.8, 4) is 5.75 Å². The SMILES string of the molecule is CCc1ccc(C2=NC3(CCN(C(C)C)CC3)N[C@@H](c3cc(Br)ccc3O)C2)cc1. The molecule has 0 saturated carbocycles. The molecule has 2 aromatic carbocycles. The molecule has 30 heavy (non-hydrogen) atoms.